The van der Waals surface area contributed by atoms with Crippen molar-refractivity contribution in [2.75, 3.05) is 26.9 Å². The van der Waals surface area contributed by atoms with Gasteiger partial charge >= 0.3 is 17.6 Å². The molecule has 5 aromatic rings. The lowest BCUT2D eigenvalue weighted by Crippen LogP contribution is -2.59. The van der Waals surface area contributed by atoms with Gasteiger partial charge in [0.05, 0.1) is 25.4 Å². The number of aliphatic hydroxyl groups is 3. The van der Waals surface area contributed by atoms with E-state index in [1.54, 1.807) is 13.0 Å². The number of fused-ring (bicyclic) bond motifs is 14. The van der Waals surface area contributed by atoms with Crippen LogP contribution < -0.4 is 10.4 Å². The summed E-state index contributed by atoms with van der Waals surface area (Å²) in [7, 11) is 1.52. The molecule has 3 aliphatic heterocycles. The summed E-state index contributed by atoms with van der Waals surface area (Å²) >= 11 is 0. The van der Waals surface area contributed by atoms with Crippen molar-refractivity contribution in [3.8, 4) is 5.75 Å². The number of carbonyl (C=O) groups is 2. The summed E-state index contributed by atoms with van der Waals surface area (Å²) in [4.78, 5) is 45.5. The highest BCUT2D eigenvalue weighted by molar-refractivity contribution is 5.90. The Bertz CT molecular complexity index is 3270. The van der Waals surface area contributed by atoms with Crippen molar-refractivity contribution in [3.63, 3.8) is 0 Å². The minimum Gasteiger partial charge on any atom is -0.483 e. The van der Waals surface area contributed by atoms with Crippen molar-refractivity contribution >= 4 is 22.9 Å². The summed E-state index contributed by atoms with van der Waals surface area (Å²) in [5.41, 5.74) is 7.49. The Kier molecular flexibility index (Phi) is 15.9. The van der Waals surface area contributed by atoms with Crippen LogP contribution in [0.4, 0.5) is 0 Å². The Labute approximate surface area is 477 Å². The average molecular weight is 1100 g/mol. The lowest BCUT2D eigenvalue weighted by molar-refractivity contribution is -0.203. The van der Waals surface area contributed by atoms with Gasteiger partial charge in [-0.15, -0.1) is 0 Å². The molecule has 1 spiro atoms. The number of allylic oxidation sites excluding steroid dienone is 2. The molecule has 3 fully saturated rings. The third kappa shape index (κ3) is 10.1. The Morgan fingerprint density at radius 2 is 1.58 bits per heavy atom. The van der Waals surface area contributed by atoms with Gasteiger partial charge in [0, 0.05) is 65.7 Å². The van der Waals surface area contributed by atoms with Crippen LogP contribution in [0.1, 0.15) is 197 Å². The van der Waals surface area contributed by atoms with Gasteiger partial charge in [-0.05, 0) is 171 Å². The van der Waals surface area contributed by atoms with E-state index in [0.29, 0.717) is 53.0 Å². The molecule has 10 atom stereocenters. The maximum Gasteiger partial charge on any atom is 0.340 e. The van der Waals surface area contributed by atoms with E-state index < -0.39 is 47.9 Å². The second kappa shape index (κ2) is 23.1. The molecule has 3 saturated carbocycles. The highest BCUT2D eigenvalue weighted by Gasteiger charge is 2.59. The van der Waals surface area contributed by atoms with Crippen LogP contribution in [0.5, 0.6) is 5.75 Å². The van der Waals surface area contributed by atoms with Gasteiger partial charge < -0.3 is 38.7 Å². The van der Waals surface area contributed by atoms with E-state index >= 15 is 9.59 Å². The first-order valence-electron chi connectivity index (χ1n) is 30.6. The number of aryl methyl sites for hydroxylation is 2. The summed E-state index contributed by atoms with van der Waals surface area (Å²) in [5.74, 6) is -1.19. The fourth-order valence-corrected chi connectivity index (χ4v) is 17.1. The van der Waals surface area contributed by atoms with E-state index in [1.807, 2.05) is 13.0 Å². The molecule has 81 heavy (non-hydrogen) atoms. The van der Waals surface area contributed by atoms with Crippen LogP contribution in [0.15, 0.2) is 117 Å². The van der Waals surface area contributed by atoms with E-state index in [9.17, 15) is 20.1 Å². The summed E-state index contributed by atoms with van der Waals surface area (Å²) in [5, 5.41) is 32.4. The zero-order chi connectivity index (χ0) is 56.0. The molecule has 11 nitrogen and oxygen atoms in total. The fraction of sp³-hybridized carbons (Fsp3) is 0.529. The van der Waals surface area contributed by atoms with E-state index in [1.165, 1.54) is 55.0 Å². The Balaban J connectivity index is 0.990. The number of hydrogen-bond donors (Lipinski definition) is 3. The highest BCUT2D eigenvalue weighted by atomic mass is 16.6. The van der Waals surface area contributed by atoms with Gasteiger partial charge in [-0.25, -0.2) is 9.59 Å². The molecule has 0 radical (unpaired) electrons. The SMILES string of the molecule is COC[C@@H](CCO)c1c(CO)c2ccc3c(c2oc1=O)[C@H]1OC(=O)C[C@H]2C[C@H](c4cccc([C@@]56CCCC[C@@H]5CCc5ccccc56)c4)C=C[C@H]2c2ccc(cc2)CC/C(=C(\C)CO)C(=O)O[C@@H]1[C@](C)([C@H]1CCCC2(CCCC2)C1)O3. The van der Waals surface area contributed by atoms with Crippen LogP contribution >= 0.6 is 0 Å². The summed E-state index contributed by atoms with van der Waals surface area (Å²) < 4.78 is 33.4. The zero-order valence-electron chi connectivity index (χ0n) is 47.7. The number of benzene rings is 4. The number of aliphatic hydroxyl groups excluding tert-OH is 3. The van der Waals surface area contributed by atoms with Crippen LogP contribution in [0, 0.1) is 23.2 Å². The number of esters is 2. The number of rotatable bonds is 10. The van der Waals surface area contributed by atoms with Crippen molar-refractivity contribution in [1.29, 1.82) is 0 Å². The van der Waals surface area contributed by atoms with Gasteiger partial charge in [0.2, 0.25) is 0 Å². The van der Waals surface area contributed by atoms with E-state index in [2.05, 4.69) is 84.9 Å². The molecule has 4 aromatic carbocycles. The Hall–Kier alpha value is -5.85. The molecule has 0 saturated heterocycles. The molecule has 428 valence electrons. The van der Waals surface area contributed by atoms with Crippen molar-refractivity contribution < 1.29 is 48.3 Å². The maximum absolute atomic E-state index is 15.7. The fourth-order valence-electron chi connectivity index (χ4n) is 17.1. The van der Waals surface area contributed by atoms with Crippen molar-refractivity contribution in [1.82, 2.24) is 0 Å². The highest BCUT2D eigenvalue weighted by Crippen LogP contribution is 2.59. The number of hydrogen-bond acceptors (Lipinski definition) is 11. The number of carbonyl (C=O) groups excluding carboxylic acids is 2. The zero-order valence-corrected chi connectivity index (χ0v) is 47.7. The van der Waals surface area contributed by atoms with Crippen LogP contribution in [0.25, 0.3) is 11.0 Å². The topological polar surface area (TPSA) is 162 Å². The molecule has 3 N–H and O–H groups in total. The normalized spacial score (nSPS) is 30.0. The standard InChI is InChI=1S/C70H82O11/c1-43(40-72)54-26-20-44-18-21-45(22-19-44)55-27-24-48(47-13-10-15-52(37-47)70-34-7-6-14-51(70)25-23-46-12-4-5-17-58(46)70)36-50(55)38-60(74)78-64-62-59(29-28-56-57(41-73)61(67(76)79-63(56)62)49(30-35-71)42-77-3)81-68(2,65(64)80-66(54)75)53-16-11-33-69(39-53)31-8-9-32-69/h4-5,10,12-13,15,17-19,21-22,24,27-29,37,48-51,53,55,64-65,71-73H,6-9,11,14,16,20,23,25-26,30-36,38-42H2,1-3H3/b54-43-/t48-,49-,50-,51-,53+,55+,64-,65+,68+,70-/m1/s1. The predicted molar refractivity (Wildman–Crippen MR) is 311 cm³/mol. The van der Waals surface area contributed by atoms with Crippen LogP contribution in [-0.2, 0) is 48.7 Å². The Morgan fingerprint density at radius 1 is 0.790 bits per heavy atom. The Morgan fingerprint density at radius 3 is 2.37 bits per heavy atom. The van der Waals surface area contributed by atoms with E-state index in [-0.39, 0.29) is 83.9 Å². The molecule has 0 amide bonds. The first kappa shape index (κ1) is 55.7. The third-order valence-electron chi connectivity index (χ3n) is 21.2. The minimum atomic E-state index is -1.32. The summed E-state index contributed by atoms with van der Waals surface area (Å²) in [6.07, 6.45) is 19.3. The molecular weight excluding hydrogens is 1020 g/mol. The first-order chi connectivity index (χ1) is 39.4. The van der Waals surface area contributed by atoms with Gasteiger partial charge in [0.25, 0.3) is 0 Å². The van der Waals surface area contributed by atoms with Crippen LogP contribution in [-0.4, -0.2) is 65.9 Å². The molecule has 8 aliphatic rings. The second-order valence-electron chi connectivity index (χ2n) is 25.6. The number of ether oxygens (including phenoxy) is 4. The molecular formula is C70H82O11. The number of methoxy groups -OCH3 is 1. The van der Waals surface area contributed by atoms with Crippen molar-refractivity contribution in [2.45, 2.75) is 183 Å². The molecule has 0 unspecified atom stereocenters. The molecule has 11 heteroatoms. The monoisotopic (exact) mass is 1100 g/mol. The molecule has 5 aliphatic carbocycles. The maximum atomic E-state index is 15.7. The van der Waals surface area contributed by atoms with Crippen molar-refractivity contribution in [2.24, 2.45) is 23.2 Å². The van der Waals surface area contributed by atoms with Gasteiger partial charge in [-0.1, -0.05) is 117 Å². The average Bonchev–Trinajstić information content (AvgIpc) is 3.05. The van der Waals surface area contributed by atoms with Crippen LogP contribution in [0.3, 0.4) is 0 Å². The van der Waals surface area contributed by atoms with Gasteiger partial charge in [0.1, 0.15) is 16.9 Å². The molecule has 1 aromatic heterocycles. The molecule has 2 bridgehead atoms. The first-order valence-corrected chi connectivity index (χ1v) is 30.6. The molecule has 4 heterocycles. The second-order valence-corrected chi connectivity index (χ2v) is 25.6. The summed E-state index contributed by atoms with van der Waals surface area (Å²) in [6.45, 7) is 2.74. The summed E-state index contributed by atoms with van der Waals surface area (Å²) in [6, 6.07) is 30.6. The van der Waals surface area contributed by atoms with E-state index in [4.69, 9.17) is 23.4 Å². The molecule has 13 rings (SSSR count). The van der Waals surface area contributed by atoms with Gasteiger partial charge in [0.15, 0.2) is 12.2 Å². The van der Waals surface area contributed by atoms with E-state index in [0.717, 1.165) is 75.3 Å². The minimum absolute atomic E-state index is 0.0215. The van der Waals surface area contributed by atoms with Gasteiger partial charge in [-0.2, -0.15) is 0 Å². The largest absolute Gasteiger partial charge is 0.483 e. The smallest absolute Gasteiger partial charge is 0.340 e. The van der Waals surface area contributed by atoms with Crippen molar-refractivity contribution in [3.05, 3.63) is 169 Å². The van der Waals surface area contributed by atoms with Gasteiger partial charge in [-0.3, -0.25) is 4.79 Å². The lowest BCUT2D eigenvalue weighted by atomic mass is 9.54. The lowest BCUT2D eigenvalue weighted by Gasteiger charge is -2.52. The van der Waals surface area contributed by atoms with Crippen LogP contribution in [0.2, 0.25) is 0 Å². The quantitative estimate of drug-likeness (QED) is 0.0528. The predicted octanol–water partition coefficient (Wildman–Crippen LogP) is 13.0. The third-order valence-corrected chi connectivity index (χ3v) is 21.2.